The highest BCUT2D eigenvalue weighted by atomic mass is 19.2. The average molecular weight is 223 g/mol. The van der Waals surface area contributed by atoms with Crippen LogP contribution >= 0.6 is 0 Å². The summed E-state index contributed by atoms with van der Waals surface area (Å²) in [7, 11) is 0. The minimum atomic E-state index is -0.844. The van der Waals surface area contributed by atoms with Gasteiger partial charge in [0.15, 0.2) is 11.6 Å². The first kappa shape index (κ1) is 10.6. The number of benzene rings is 1. The molecule has 0 amide bonds. The molecule has 16 heavy (non-hydrogen) atoms. The third kappa shape index (κ3) is 2.36. The zero-order valence-corrected chi connectivity index (χ0v) is 8.53. The van der Waals surface area contributed by atoms with Crippen molar-refractivity contribution in [1.82, 2.24) is 9.78 Å². The molecule has 2 aromatic rings. The summed E-state index contributed by atoms with van der Waals surface area (Å²) in [6.07, 6.45) is 3.48. The van der Waals surface area contributed by atoms with Gasteiger partial charge in [-0.3, -0.25) is 4.68 Å². The smallest absolute Gasteiger partial charge is 0.181 e. The van der Waals surface area contributed by atoms with Crippen molar-refractivity contribution in [2.75, 3.05) is 11.9 Å². The molecule has 0 unspecified atom stereocenters. The summed E-state index contributed by atoms with van der Waals surface area (Å²) < 4.78 is 27.8. The van der Waals surface area contributed by atoms with E-state index in [1.807, 2.05) is 12.3 Å². The molecule has 2 rings (SSSR count). The first-order valence-electron chi connectivity index (χ1n) is 4.92. The van der Waals surface area contributed by atoms with Crippen molar-refractivity contribution in [3.63, 3.8) is 0 Å². The van der Waals surface area contributed by atoms with Crippen LogP contribution in [0.1, 0.15) is 0 Å². The lowest BCUT2D eigenvalue weighted by molar-refractivity contribution is 0.510. The second-order valence-electron chi connectivity index (χ2n) is 3.30. The number of hydrogen-bond acceptors (Lipinski definition) is 2. The Bertz CT molecular complexity index is 454. The van der Waals surface area contributed by atoms with Gasteiger partial charge in [0.05, 0.1) is 12.2 Å². The number of nitrogens with one attached hydrogen (secondary N) is 1. The molecule has 1 aromatic carbocycles. The van der Waals surface area contributed by atoms with Crippen LogP contribution < -0.4 is 5.32 Å². The lowest BCUT2D eigenvalue weighted by atomic mass is 10.3. The Morgan fingerprint density at radius 2 is 2.12 bits per heavy atom. The molecule has 0 aliphatic rings. The minimum Gasteiger partial charge on any atom is -0.381 e. The van der Waals surface area contributed by atoms with Gasteiger partial charge in [0.2, 0.25) is 0 Å². The van der Waals surface area contributed by atoms with Crippen LogP contribution in [-0.4, -0.2) is 16.3 Å². The maximum atomic E-state index is 13.2. The van der Waals surface area contributed by atoms with Crippen LogP contribution in [0.5, 0.6) is 0 Å². The van der Waals surface area contributed by atoms with E-state index in [9.17, 15) is 8.78 Å². The van der Waals surface area contributed by atoms with E-state index in [-0.39, 0.29) is 5.69 Å². The van der Waals surface area contributed by atoms with E-state index in [1.54, 1.807) is 10.9 Å². The maximum absolute atomic E-state index is 13.2. The van der Waals surface area contributed by atoms with Crippen LogP contribution in [0.3, 0.4) is 0 Å². The van der Waals surface area contributed by atoms with Gasteiger partial charge in [-0.1, -0.05) is 6.07 Å². The number of anilines is 1. The molecule has 1 heterocycles. The summed E-state index contributed by atoms with van der Waals surface area (Å²) in [5.41, 5.74) is 0.173. The fourth-order valence-corrected chi connectivity index (χ4v) is 1.38. The van der Waals surface area contributed by atoms with E-state index >= 15 is 0 Å². The third-order valence-corrected chi connectivity index (χ3v) is 2.17. The van der Waals surface area contributed by atoms with Crippen LogP contribution in [0, 0.1) is 11.6 Å². The van der Waals surface area contributed by atoms with Crippen molar-refractivity contribution in [2.24, 2.45) is 0 Å². The monoisotopic (exact) mass is 223 g/mol. The second-order valence-corrected chi connectivity index (χ2v) is 3.30. The van der Waals surface area contributed by atoms with Crippen molar-refractivity contribution < 1.29 is 8.78 Å². The van der Waals surface area contributed by atoms with Crippen LogP contribution in [0.25, 0.3) is 0 Å². The SMILES string of the molecule is Fc1cccc(NCCn2cccn2)c1F. The Kier molecular flexibility index (Phi) is 3.14. The molecule has 3 nitrogen and oxygen atoms in total. The average Bonchev–Trinajstić information content (AvgIpc) is 2.77. The Hall–Kier alpha value is -1.91. The van der Waals surface area contributed by atoms with Gasteiger partial charge in [-0.25, -0.2) is 8.78 Å². The van der Waals surface area contributed by atoms with Gasteiger partial charge in [0, 0.05) is 18.9 Å². The highest BCUT2D eigenvalue weighted by molar-refractivity contribution is 5.44. The molecule has 0 atom stereocenters. The Morgan fingerprint density at radius 3 is 2.88 bits per heavy atom. The minimum absolute atomic E-state index is 0.173. The molecule has 0 aliphatic heterocycles. The molecule has 1 aromatic heterocycles. The number of rotatable bonds is 4. The molecule has 0 fully saturated rings. The first-order valence-corrected chi connectivity index (χ1v) is 4.92. The molecule has 0 spiro atoms. The maximum Gasteiger partial charge on any atom is 0.181 e. The quantitative estimate of drug-likeness (QED) is 0.861. The fraction of sp³-hybridized carbons (Fsp3) is 0.182. The summed E-state index contributed by atoms with van der Waals surface area (Å²) >= 11 is 0. The summed E-state index contributed by atoms with van der Waals surface area (Å²) in [5.74, 6) is -1.69. The number of aromatic nitrogens is 2. The van der Waals surface area contributed by atoms with E-state index < -0.39 is 11.6 Å². The first-order chi connectivity index (χ1) is 7.77. The van der Waals surface area contributed by atoms with Gasteiger partial charge in [-0.2, -0.15) is 5.10 Å². The lowest BCUT2D eigenvalue weighted by Gasteiger charge is -2.07. The lowest BCUT2D eigenvalue weighted by Crippen LogP contribution is -2.11. The molecule has 0 saturated heterocycles. The summed E-state index contributed by atoms with van der Waals surface area (Å²) in [6, 6.07) is 5.87. The highest BCUT2D eigenvalue weighted by Gasteiger charge is 2.06. The number of nitrogens with zero attached hydrogens (tertiary/aromatic N) is 2. The van der Waals surface area contributed by atoms with E-state index in [4.69, 9.17) is 0 Å². The van der Waals surface area contributed by atoms with E-state index in [1.165, 1.54) is 12.1 Å². The van der Waals surface area contributed by atoms with E-state index in [0.29, 0.717) is 13.1 Å². The zero-order valence-electron chi connectivity index (χ0n) is 8.53. The molecular formula is C11H11F2N3. The zero-order chi connectivity index (χ0) is 11.4. The molecule has 0 saturated carbocycles. The van der Waals surface area contributed by atoms with E-state index in [2.05, 4.69) is 10.4 Å². The topological polar surface area (TPSA) is 29.9 Å². The summed E-state index contributed by atoms with van der Waals surface area (Å²) in [4.78, 5) is 0. The van der Waals surface area contributed by atoms with Gasteiger partial charge >= 0.3 is 0 Å². The van der Waals surface area contributed by atoms with Gasteiger partial charge in [0.25, 0.3) is 0 Å². The third-order valence-electron chi connectivity index (χ3n) is 2.17. The standard InChI is InChI=1S/C11H11F2N3/c12-9-3-1-4-10(11(9)13)14-6-8-16-7-2-5-15-16/h1-5,7,14H,6,8H2. The summed E-state index contributed by atoms with van der Waals surface area (Å²) in [5, 5.41) is 6.81. The predicted octanol–water partition coefficient (Wildman–Crippen LogP) is 2.27. The van der Waals surface area contributed by atoms with Crippen LogP contribution in [0.15, 0.2) is 36.7 Å². The summed E-state index contributed by atoms with van der Waals surface area (Å²) in [6.45, 7) is 1.09. The van der Waals surface area contributed by atoms with Crippen molar-refractivity contribution in [1.29, 1.82) is 0 Å². The van der Waals surface area contributed by atoms with Gasteiger partial charge < -0.3 is 5.32 Å². The largest absolute Gasteiger partial charge is 0.381 e. The van der Waals surface area contributed by atoms with Crippen molar-refractivity contribution in [3.8, 4) is 0 Å². The molecule has 0 bridgehead atoms. The molecule has 0 aliphatic carbocycles. The Labute approximate surface area is 91.7 Å². The van der Waals surface area contributed by atoms with E-state index in [0.717, 1.165) is 6.07 Å². The molecular weight excluding hydrogens is 212 g/mol. The predicted molar refractivity (Wildman–Crippen MR) is 57.1 cm³/mol. The van der Waals surface area contributed by atoms with Gasteiger partial charge in [-0.15, -0.1) is 0 Å². The Morgan fingerprint density at radius 1 is 1.25 bits per heavy atom. The fourth-order valence-electron chi connectivity index (χ4n) is 1.38. The van der Waals surface area contributed by atoms with Crippen LogP contribution in [-0.2, 0) is 6.54 Å². The van der Waals surface area contributed by atoms with Crippen molar-refractivity contribution in [2.45, 2.75) is 6.54 Å². The highest BCUT2D eigenvalue weighted by Crippen LogP contribution is 2.15. The van der Waals surface area contributed by atoms with Crippen molar-refractivity contribution >= 4 is 5.69 Å². The Balaban J connectivity index is 1.92. The molecule has 84 valence electrons. The number of hydrogen-bond donors (Lipinski definition) is 1. The number of halogens is 2. The molecule has 1 N–H and O–H groups in total. The van der Waals surface area contributed by atoms with Gasteiger partial charge in [0.1, 0.15) is 0 Å². The van der Waals surface area contributed by atoms with Crippen LogP contribution in [0.2, 0.25) is 0 Å². The molecule has 0 radical (unpaired) electrons. The van der Waals surface area contributed by atoms with Crippen molar-refractivity contribution in [3.05, 3.63) is 48.3 Å². The van der Waals surface area contributed by atoms with Crippen LogP contribution in [0.4, 0.5) is 14.5 Å². The normalized spacial score (nSPS) is 10.4. The second kappa shape index (κ2) is 4.74. The van der Waals surface area contributed by atoms with Gasteiger partial charge in [-0.05, 0) is 18.2 Å². The molecule has 5 heteroatoms.